The van der Waals surface area contributed by atoms with Crippen molar-refractivity contribution >= 4 is 22.9 Å². The quantitative estimate of drug-likeness (QED) is 0.260. The molecule has 0 aromatic carbocycles. The Morgan fingerprint density at radius 2 is 2.00 bits per heavy atom. The minimum absolute atomic E-state index is 0.158. The Morgan fingerprint density at radius 3 is 2.60 bits per heavy atom. The molecular formula is C31H44F3N5O3. The van der Waals surface area contributed by atoms with Gasteiger partial charge in [0.25, 0.3) is 0 Å². The molecule has 2 aromatic heterocycles. The third kappa shape index (κ3) is 8.83. The van der Waals surface area contributed by atoms with Crippen LogP contribution in [0, 0.1) is 12.8 Å². The van der Waals surface area contributed by atoms with Crippen molar-refractivity contribution in [2.75, 3.05) is 33.7 Å². The van der Waals surface area contributed by atoms with E-state index in [2.05, 4.69) is 21.8 Å². The Hall–Kier alpha value is -3.34. The summed E-state index contributed by atoms with van der Waals surface area (Å²) >= 11 is 0. The van der Waals surface area contributed by atoms with Crippen molar-refractivity contribution in [3.63, 3.8) is 0 Å². The number of carbonyl (C=O) groups is 1. The van der Waals surface area contributed by atoms with Crippen molar-refractivity contribution in [2.45, 2.75) is 78.6 Å². The van der Waals surface area contributed by atoms with Crippen molar-refractivity contribution in [3.05, 3.63) is 53.2 Å². The number of aliphatic imine (C=N–C) groups is 1. The molecule has 2 aromatic rings. The van der Waals surface area contributed by atoms with Crippen LogP contribution < -0.4 is 5.32 Å². The Bertz CT molecular complexity index is 1340. The van der Waals surface area contributed by atoms with E-state index in [0.29, 0.717) is 34.0 Å². The second-order valence-electron chi connectivity index (χ2n) is 12.2. The fourth-order valence-electron chi connectivity index (χ4n) is 5.25. The van der Waals surface area contributed by atoms with Crippen LogP contribution in [0.25, 0.3) is 11.1 Å². The summed E-state index contributed by atoms with van der Waals surface area (Å²) in [5.74, 6) is -0.994. The van der Waals surface area contributed by atoms with Crippen LogP contribution in [-0.2, 0) is 11.2 Å². The van der Waals surface area contributed by atoms with Gasteiger partial charge in [0.2, 0.25) is 0 Å². The largest absolute Gasteiger partial charge is 0.459 e. The number of nitrogens with one attached hydrogen (secondary N) is 1. The maximum absolute atomic E-state index is 13.9. The first-order chi connectivity index (χ1) is 19.5. The number of aromatic nitrogens is 1. The summed E-state index contributed by atoms with van der Waals surface area (Å²) in [4.78, 5) is 25.5. The number of aryl methyl sites for hydroxylation is 2. The number of hydrogen-bond acceptors (Lipinski definition) is 7. The summed E-state index contributed by atoms with van der Waals surface area (Å²) in [5, 5.41) is 2.62. The number of piperidine rings is 1. The molecule has 1 aliphatic heterocycles. The number of pyridine rings is 1. The van der Waals surface area contributed by atoms with Gasteiger partial charge < -0.3 is 24.3 Å². The van der Waals surface area contributed by atoms with E-state index in [0.717, 1.165) is 30.5 Å². The van der Waals surface area contributed by atoms with Gasteiger partial charge in [0.1, 0.15) is 16.9 Å². The fraction of sp³-hybridized carbons (Fsp3) is 0.581. The van der Waals surface area contributed by atoms with Crippen molar-refractivity contribution in [3.8, 4) is 0 Å². The van der Waals surface area contributed by atoms with E-state index >= 15 is 0 Å². The molecule has 1 aliphatic rings. The molecule has 8 nitrogen and oxygen atoms in total. The van der Waals surface area contributed by atoms with Gasteiger partial charge in [-0.15, -0.1) is 0 Å². The highest BCUT2D eigenvalue weighted by molar-refractivity contribution is 6.09. The van der Waals surface area contributed by atoms with Crippen molar-refractivity contribution in [2.24, 2.45) is 10.9 Å². The van der Waals surface area contributed by atoms with Gasteiger partial charge in [0.05, 0.1) is 34.6 Å². The molecule has 1 N–H and O–H groups in total. The zero-order chi connectivity index (χ0) is 31.4. The first-order valence-corrected chi connectivity index (χ1v) is 14.2. The normalized spacial score (nSPS) is 19.0. The molecule has 0 spiro atoms. The van der Waals surface area contributed by atoms with E-state index in [-0.39, 0.29) is 19.5 Å². The van der Waals surface area contributed by atoms with E-state index in [4.69, 9.17) is 14.1 Å². The molecule has 1 saturated heterocycles. The molecule has 2 unspecified atom stereocenters. The summed E-state index contributed by atoms with van der Waals surface area (Å²) in [7, 11) is 4.08. The minimum Gasteiger partial charge on any atom is -0.459 e. The fourth-order valence-corrected chi connectivity index (χ4v) is 5.25. The molecule has 3 heterocycles. The maximum Gasteiger partial charge on any atom is 0.407 e. The van der Waals surface area contributed by atoms with Crippen molar-refractivity contribution < 1.29 is 27.1 Å². The zero-order valence-electron chi connectivity index (χ0n) is 26.0. The lowest BCUT2D eigenvalue weighted by atomic mass is 9.93. The van der Waals surface area contributed by atoms with Crippen LogP contribution in [0.3, 0.4) is 0 Å². The predicted octanol–water partition coefficient (Wildman–Crippen LogP) is 6.63. The lowest BCUT2D eigenvalue weighted by molar-refractivity contribution is -0.187. The van der Waals surface area contributed by atoms with Gasteiger partial charge in [-0.2, -0.15) is 13.2 Å². The van der Waals surface area contributed by atoms with Crippen LogP contribution in [0.15, 0.2) is 45.7 Å². The first-order valence-electron chi connectivity index (χ1n) is 14.2. The second-order valence-corrected chi connectivity index (χ2v) is 12.2. The highest BCUT2D eigenvalue weighted by Crippen LogP contribution is 2.36. The number of allylic oxidation sites excluding steroid dienone is 1. The average molecular weight is 592 g/mol. The number of rotatable bonds is 9. The van der Waals surface area contributed by atoms with Crippen molar-refractivity contribution in [1.82, 2.24) is 20.1 Å². The van der Waals surface area contributed by atoms with Gasteiger partial charge in [0.15, 0.2) is 5.58 Å². The SMILES string of the molecule is C=C(N=C(C)c1c(C)oc2cc(CCCN(C)C)cnc12)/C(=C\C)N1CC(NC(=O)OC(C)(C)C)CC(C(F)(F)F)C1. The number of likely N-dealkylation sites (tertiary alicyclic amines) is 1. The molecule has 0 saturated carbocycles. The number of alkyl carbamates (subject to hydrolysis) is 1. The van der Waals surface area contributed by atoms with Gasteiger partial charge in [-0.25, -0.2) is 4.79 Å². The van der Waals surface area contributed by atoms with Crippen molar-refractivity contribution in [1.29, 1.82) is 0 Å². The van der Waals surface area contributed by atoms with Gasteiger partial charge in [-0.05, 0) is 93.1 Å². The zero-order valence-corrected chi connectivity index (χ0v) is 26.0. The Morgan fingerprint density at radius 1 is 1.31 bits per heavy atom. The number of halogens is 3. The summed E-state index contributed by atoms with van der Waals surface area (Å²) in [6, 6.07) is 1.22. The summed E-state index contributed by atoms with van der Waals surface area (Å²) < 4.78 is 53.1. The van der Waals surface area contributed by atoms with Crippen LogP contribution in [0.5, 0.6) is 0 Å². The van der Waals surface area contributed by atoms with E-state index in [1.54, 1.807) is 38.7 Å². The average Bonchev–Trinajstić information content (AvgIpc) is 3.17. The number of fused-ring (bicyclic) bond motifs is 1. The number of alkyl halides is 3. The molecule has 3 rings (SSSR count). The smallest absolute Gasteiger partial charge is 0.407 e. The Balaban J connectivity index is 1.83. The van der Waals surface area contributed by atoms with E-state index in [1.807, 2.05) is 40.2 Å². The third-order valence-electron chi connectivity index (χ3n) is 7.04. The molecule has 2 atom stereocenters. The lowest BCUT2D eigenvalue weighted by Crippen LogP contribution is -2.54. The number of hydrogen-bond donors (Lipinski definition) is 1. The van der Waals surface area contributed by atoms with Crippen LogP contribution in [0.4, 0.5) is 18.0 Å². The summed E-state index contributed by atoms with van der Waals surface area (Å²) in [6.45, 7) is 15.4. The highest BCUT2D eigenvalue weighted by Gasteiger charge is 2.45. The number of carbonyl (C=O) groups excluding carboxylic acids is 1. The summed E-state index contributed by atoms with van der Waals surface area (Å²) in [5.41, 5.74) is 3.75. The van der Waals surface area contributed by atoms with E-state index in [1.165, 1.54) is 0 Å². The molecule has 11 heteroatoms. The minimum atomic E-state index is -4.43. The number of furan rings is 1. The van der Waals surface area contributed by atoms with Gasteiger partial charge >= 0.3 is 12.3 Å². The lowest BCUT2D eigenvalue weighted by Gasteiger charge is -2.41. The molecule has 1 fully saturated rings. The second kappa shape index (κ2) is 13.3. The van der Waals surface area contributed by atoms with E-state index in [9.17, 15) is 18.0 Å². The molecule has 1 amide bonds. The van der Waals surface area contributed by atoms with E-state index < -0.39 is 29.8 Å². The number of nitrogens with zero attached hydrogens (tertiary/aromatic N) is 4. The Labute approximate surface area is 246 Å². The molecule has 0 bridgehead atoms. The molecule has 42 heavy (non-hydrogen) atoms. The first kappa shape index (κ1) is 33.2. The molecule has 0 radical (unpaired) electrons. The van der Waals surface area contributed by atoms with Gasteiger partial charge in [-0.3, -0.25) is 9.98 Å². The predicted molar refractivity (Wildman–Crippen MR) is 160 cm³/mol. The van der Waals surface area contributed by atoms with Gasteiger partial charge in [0, 0.05) is 19.3 Å². The Kier molecular flexibility index (Phi) is 10.5. The molecule has 0 aliphatic carbocycles. The van der Waals surface area contributed by atoms with Crippen LogP contribution in [-0.4, -0.2) is 78.1 Å². The standard InChI is InChI=1S/C31H44F3N5O3/c1-10-25(39-17-23(31(32,33)34)15-24(18-39)37-29(40)42-30(5,6)7)19(2)36-20(3)27-21(4)41-26-14-22(16-35-28(26)27)12-11-13-38(8)9/h10,14,16,23-24H,2,11-13,15,17-18H2,1,3-9H3,(H,37,40)/b25-10+,36-20?. The van der Waals surface area contributed by atoms with Crippen LogP contribution in [0.1, 0.15) is 64.3 Å². The third-order valence-corrected chi connectivity index (χ3v) is 7.04. The summed E-state index contributed by atoms with van der Waals surface area (Å²) in [6.07, 6.45) is -0.00757. The topological polar surface area (TPSA) is 83.2 Å². The monoisotopic (exact) mass is 591 g/mol. The molecular weight excluding hydrogens is 547 g/mol. The van der Waals surface area contributed by atoms with Crippen LogP contribution in [0.2, 0.25) is 0 Å². The number of amides is 1. The van der Waals surface area contributed by atoms with Crippen LogP contribution >= 0.6 is 0 Å². The molecule has 232 valence electrons. The maximum atomic E-state index is 13.9. The highest BCUT2D eigenvalue weighted by atomic mass is 19.4. The van der Waals surface area contributed by atoms with Gasteiger partial charge in [-0.1, -0.05) is 12.7 Å². The number of ether oxygens (including phenoxy) is 1.